The van der Waals surface area contributed by atoms with Gasteiger partial charge in [0.1, 0.15) is 16.5 Å². The number of H-pyrrole nitrogens is 2. The van der Waals surface area contributed by atoms with Gasteiger partial charge in [0.15, 0.2) is 7.91 Å². The third kappa shape index (κ3) is 3.12. The van der Waals surface area contributed by atoms with Crippen LogP contribution in [0.2, 0.25) is 0 Å². The number of aromatic nitrogens is 4. The molecule has 17 heavy (non-hydrogen) atoms. The second-order valence-corrected chi connectivity index (χ2v) is 7.11. The number of rotatable bonds is 4. The molecule has 0 amide bonds. The maximum atomic E-state index is 6.45. The number of alkyl halides is 2. The fourth-order valence-electron chi connectivity index (χ4n) is 1.21. The molecule has 2 aromatic rings. The highest BCUT2D eigenvalue weighted by molar-refractivity contribution is 7.73. The van der Waals surface area contributed by atoms with Crippen molar-refractivity contribution < 1.29 is 0 Å². The summed E-state index contributed by atoms with van der Waals surface area (Å²) in [5.74, 6) is 1.46. The van der Waals surface area contributed by atoms with E-state index in [2.05, 4.69) is 18.7 Å². The third-order valence-corrected chi connectivity index (χ3v) is 4.89. The highest BCUT2D eigenvalue weighted by atomic mass is 35.5. The van der Waals surface area contributed by atoms with Crippen LogP contribution in [0.4, 0.5) is 0 Å². The maximum Gasteiger partial charge on any atom is 0.198 e. The highest BCUT2D eigenvalue weighted by Gasteiger charge is 2.33. The number of hydrogen-bond acceptors (Lipinski definition) is 6. The van der Waals surface area contributed by atoms with Gasteiger partial charge in [-0.1, -0.05) is 0 Å². The van der Waals surface area contributed by atoms with Crippen molar-refractivity contribution in [3.05, 3.63) is 19.6 Å². The Hall–Kier alpha value is 0.140. The van der Waals surface area contributed by atoms with Gasteiger partial charge >= 0.3 is 0 Å². The summed E-state index contributed by atoms with van der Waals surface area (Å²) in [5, 5.41) is 0. The van der Waals surface area contributed by atoms with E-state index in [-0.39, 0.29) is 5.88 Å². The Bertz CT molecular complexity index is 613. The minimum absolute atomic E-state index is 0.196. The van der Waals surface area contributed by atoms with Gasteiger partial charge in [0.25, 0.3) is 0 Å². The standard InChI is InChI=1S/C7H6Cl2N4S4/c8-2-7(9,4-11-6(15)17-13-4)1-3-10-5(14)16-12-3/h1-2H2,(H,10,12,14)(H,11,13,15). The molecule has 1 atom stereocenters. The van der Waals surface area contributed by atoms with Gasteiger partial charge in [-0.15, -0.1) is 23.2 Å². The minimum atomic E-state index is -0.846. The van der Waals surface area contributed by atoms with Crippen molar-refractivity contribution in [1.82, 2.24) is 18.7 Å². The molecule has 0 aliphatic carbocycles. The number of halogens is 2. The molecular formula is C7H6Cl2N4S4. The van der Waals surface area contributed by atoms with Gasteiger partial charge in [-0.3, -0.25) is 8.75 Å². The number of nitrogens with zero attached hydrogens (tertiary/aromatic N) is 2. The molecule has 0 saturated carbocycles. The monoisotopic (exact) mass is 344 g/mol. The second-order valence-electron chi connectivity index (χ2n) is 3.23. The quantitative estimate of drug-likeness (QED) is 0.656. The van der Waals surface area contributed by atoms with Gasteiger partial charge in [0, 0.05) is 12.3 Å². The topological polar surface area (TPSA) is 57.4 Å². The van der Waals surface area contributed by atoms with Crippen LogP contribution in [-0.4, -0.2) is 24.6 Å². The van der Waals surface area contributed by atoms with E-state index in [4.69, 9.17) is 47.6 Å². The van der Waals surface area contributed by atoms with Crippen LogP contribution in [0.5, 0.6) is 0 Å². The van der Waals surface area contributed by atoms with Gasteiger partial charge < -0.3 is 0 Å². The van der Waals surface area contributed by atoms with Crippen molar-refractivity contribution in [2.45, 2.75) is 11.3 Å². The fourth-order valence-corrected chi connectivity index (χ4v) is 3.20. The van der Waals surface area contributed by atoms with E-state index in [1.54, 1.807) is 0 Å². The summed E-state index contributed by atoms with van der Waals surface area (Å²) in [4.78, 5) is 7.45. The van der Waals surface area contributed by atoms with Crippen LogP contribution in [0.1, 0.15) is 11.6 Å². The number of hydrogen-bond donors (Lipinski definition) is 2. The van der Waals surface area contributed by atoms with Crippen LogP contribution < -0.4 is 0 Å². The predicted octanol–water partition coefficient (Wildman–Crippen LogP) is 3.63. The summed E-state index contributed by atoms with van der Waals surface area (Å²) in [6.07, 6.45) is 0.417. The Morgan fingerprint density at radius 3 is 2.29 bits per heavy atom. The van der Waals surface area contributed by atoms with E-state index in [9.17, 15) is 0 Å². The average Bonchev–Trinajstić information content (AvgIpc) is 2.88. The molecule has 2 N–H and O–H groups in total. The van der Waals surface area contributed by atoms with E-state index in [1.165, 1.54) is 23.1 Å². The fraction of sp³-hybridized carbons (Fsp3) is 0.429. The van der Waals surface area contributed by atoms with Gasteiger partial charge in [-0.2, -0.15) is 0 Å². The van der Waals surface area contributed by atoms with Crippen LogP contribution >= 0.6 is 70.7 Å². The molecule has 0 aliphatic rings. The lowest BCUT2D eigenvalue weighted by Gasteiger charge is -2.19. The Kier molecular flexibility index (Phi) is 4.32. The van der Waals surface area contributed by atoms with Crippen LogP contribution in [0.15, 0.2) is 0 Å². The zero-order valence-corrected chi connectivity index (χ0v) is 13.0. The van der Waals surface area contributed by atoms with Crippen molar-refractivity contribution in [1.29, 1.82) is 0 Å². The van der Waals surface area contributed by atoms with E-state index in [1.807, 2.05) is 0 Å². The second kappa shape index (κ2) is 5.41. The van der Waals surface area contributed by atoms with Gasteiger partial charge in [-0.05, 0) is 47.5 Å². The minimum Gasteiger partial charge on any atom is -0.296 e. The van der Waals surface area contributed by atoms with Crippen molar-refractivity contribution >= 4 is 70.7 Å². The number of nitrogens with one attached hydrogen (secondary N) is 2. The molecule has 2 rings (SSSR count). The normalized spacial score (nSPS) is 14.7. The first-order valence-corrected chi connectivity index (χ1v) is 7.75. The molecule has 1 unspecified atom stereocenters. The summed E-state index contributed by atoms with van der Waals surface area (Å²) in [6, 6.07) is 0. The molecule has 0 saturated heterocycles. The SMILES string of the molecule is S=c1nc(CC(Cl)(CCl)c2nc(=S)s[nH]2)[nH]s1. The van der Waals surface area contributed by atoms with E-state index in [0.717, 1.165) is 0 Å². The molecule has 0 spiro atoms. The van der Waals surface area contributed by atoms with E-state index in [0.29, 0.717) is 26.0 Å². The largest absolute Gasteiger partial charge is 0.296 e. The van der Waals surface area contributed by atoms with Crippen LogP contribution in [0.25, 0.3) is 0 Å². The molecule has 2 aromatic heterocycles. The molecule has 0 aliphatic heterocycles. The van der Waals surface area contributed by atoms with Crippen molar-refractivity contribution in [2.75, 3.05) is 5.88 Å². The molecule has 92 valence electrons. The first-order chi connectivity index (χ1) is 8.03. The van der Waals surface area contributed by atoms with Gasteiger partial charge in [-0.25, -0.2) is 9.97 Å². The first kappa shape index (κ1) is 13.6. The molecular weight excluding hydrogens is 339 g/mol. The Labute approximate surface area is 125 Å². The lowest BCUT2D eigenvalue weighted by Crippen LogP contribution is -2.26. The Morgan fingerprint density at radius 1 is 1.18 bits per heavy atom. The third-order valence-electron chi connectivity index (χ3n) is 2.00. The number of aromatic amines is 2. The highest BCUT2D eigenvalue weighted by Crippen LogP contribution is 2.32. The summed E-state index contributed by atoms with van der Waals surface area (Å²) < 4.78 is 7.00. The molecule has 4 nitrogen and oxygen atoms in total. The summed E-state index contributed by atoms with van der Waals surface area (Å²) in [7, 11) is 0. The zero-order valence-electron chi connectivity index (χ0n) is 8.20. The van der Waals surface area contributed by atoms with Gasteiger partial charge in [0.2, 0.25) is 0 Å². The first-order valence-electron chi connectivity index (χ1n) is 4.39. The van der Waals surface area contributed by atoms with E-state index < -0.39 is 4.87 Å². The lowest BCUT2D eigenvalue weighted by molar-refractivity contribution is 0.621. The lowest BCUT2D eigenvalue weighted by atomic mass is 10.1. The van der Waals surface area contributed by atoms with Crippen molar-refractivity contribution in [2.24, 2.45) is 0 Å². The summed E-state index contributed by atoms with van der Waals surface area (Å²) >= 11 is 24.8. The van der Waals surface area contributed by atoms with Crippen LogP contribution in [0.3, 0.4) is 0 Å². The molecule has 0 aromatic carbocycles. The summed E-state index contributed by atoms with van der Waals surface area (Å²) in [6.45, 7) is 0. The van der Waals surface area contributed by atoms with Crippen LogP contribution in [0, 0.1) is 7.91 Å². The smallest absolute Gasteiger partial charge is 0.198 e. The molecule has 0 fully saturated rings. The molecule has 0 radical (unpaired) electrons. The summed E-state index contributed by atoms with van der Waals surface area (Å²) in [5.41, 5.74) is 0. The maximum absolute atomic E-state index is 6.45. The molecule has 2 heterocycles. The van der Waals surface area contributed by atoms with Crippen molar-refractivity contribution in [3.8, 4) is 0 Å². The predicted molar refractivity (Wildman–Crippen MR) is 76.6 cm³/mol. The Morgan fingerprint density at radius 2 is 1.82 bits per heavy atom. The van der Waals surface area contributed by atoms with Crippen LogP contribution in [-0.2, 0) is 11.3 Å². The Balaban J connectivity index is 2.31. The average molecular weight is 345 g/mol. The zero-order chi connectivity index (χ0) is 12.5. The van der Waals surface area contributed by atoms with Crippen molar-refractivity contribution in [3.63, 3.8) is 0 Å². The molecule has 0 bridgehead atoms. The molecule has 10 heteroatoms. The van der Waals surface area contributed by atoms with E-state index >= 15 is 0 Å². The van der Waals surface area contributed by atoms with Gasteiger partial charge in [0.05, 0.1) is 0 Å².